The number of carbonyl (C=O) groups is 1. The van der Waals surface area contributed by atoms with Crippen LogP contribution < -0.4 is 21.9 Å². The lowest BCUT2D eigenvalue weighted by atomic mass is 10.1. The minimum atomic E-state index is -0.445. The summed E-state index contributed by atoms with van der Waals surface area (Å²) in [6, 6.07) is 22.3. The van der Waals surface area contributed by atoms with Gasteiger partial charge < -0.3 is 16.4 Å². The largest absolute Gasteiger partial charge is 0.382 e. The Hall–Kier alpha value is -4.50. The van der Waals surface area contributed by atoms with Crippen LogP contribution in [0.5, 0.6) is 0 Å². The molecule has 2 aromatic heterocycles. The second-order valence-electron chi connectivity index (χ2n) is 8.26. The number of pyridine rings is 1. The summed E-state index contributed by atoms with van der Waals surface area (Å²) in [6.07, 6.45) is 2.23. The molecule has 4 aromatic rings. The fourth-order valence-electron chi connectivity index (χ4n) is 3.74. The van der Waals surface area contributed by atoms with Gasteiger partial charge >= 0.3 is 0 Å². The highest BCUT2D eigenvalue weighted by molar-refractivity contribution is 6.32. The summed E-state index contributed by atoms with van der Waals surface area (Å²) in [7, 11) is 0. The van der Waals surface area contributed by atoms with Gasteiger partial charge in [-0.15, -0.1) is 0 Å². The lowest BCUT2D eigenvalue weighted by Crippen LogP contribution is -2.34. The first-order chi connectivity index (χ1) is 17.9. The molecule has 0 aliphatic heterocycles. The third-order valence-electron chi connectivity index (χ3n) is 5.61. The van der Waals surface area contributed by atoms with Gasteiger partial charge in [0, 0.05) is 24.8 Å². The number of nitrogens with one attached hydrogen (secondary N) is 3. The molecule has 2 aromatic carbocycles. The van der Waals surface area contributed by atoms with Crippen molar-refractivity contribution in [1.82, 2.24) is 19.9 Å². The molecule has 0 unspecified atom stereocenters. The van der Waals surface area contributed by atoms with E-state index in [0.29, 0.717) is 29.9 Å². The Morgan fingerprint density at radius 2 is 1.70 bits per heavy atom. The number of nitrogen functional groups attached to an aromatic ring is 1. The fraction of sp³-hybridized carbons (Fsp3) is 0.148. The highest BCUT2D eigenvalue weighted by Crippen LogP contribution is 2.26. The topological polar surface area (TPSA) is 139 Å². The van der Waals surface area contributed by atoms with Gasteiger partial charge in [0.05, 0.1) is 5.69 Å². The van der Waals surface area contributed by atoms with E-state index in [1.807, 2.05) is 60.7 Å². The number of benzene rings is 2. The van der Waals surface area contributed by atoms with Gasteiger partial charge in [-0.25, -0.2) is 4.98 Å². The van der Waals surface area contributed by atoms with Gasteiger partial charge in [-0.05, 0) is 23.6 Å². The van der Waals surface area contributed by atoms with E-state index in [4.69, 9.17) is 22.7 Å². The quantitative estimate of drug-likeness (QED) is 0.189. The van der Waals surface area contributed by atoms with E-state index in [2.05, 4.69) is 20.6 Å². The number of nitrogens with two attached hydrogens (primary N) is 1. The van der Waals surface area contributed by atoms with E-state index in [1.54, 1.807) is 12.1 Å². The standard InChI is InChI=1S/C27H26ClN7O2/c28-24-23(20-9-5-2-6-10-20)35(17-22(36)33-16-19-11-12-21(25(29)30)32-15-19)27(37)26(34-24)31-14-13-18-7-3-1-4-8-18/h1-12,15H,13-14,16-17H2,(H3,29,30)(H,31,34)(H,33,36). The second-order valence-corrected chi connectivity index (χ2v) is 8.62. The highest BCUT2D eigenvalue weighted by atomic mass is 35.5. The molecule has 4 rings (SSSR count). The molecule has 0 saturated carbocycles. The van der Waals surface area contributed by atoms with Crippen LogP contribution in [0.3, 0.4) is 0 Å². The summed E-state index contributed by atoms with van der Waals surface area (Å²) in [4.78, 5) is 34.7. The zero-order valence-corrected chi connectivity index (χ0v) is 20.7. The Balaban J connectivity index is 1.55. The summed E-state index contributed by atoms with van der Waals surface area (Å²) in [6.45, 7) is 0.417. The second kappa shape index (κ2) is 12.0. The van der Waals surface area contributed by atoms with Gasteiger partial charge in [-0.3, -0.25) is 24.5 Å². The summed E-state index contributed by atoms with van der Waals surface area (Å²) >= 11 is 6.56. The molecule has 37 heavy (non-hydrogen) atoms. The third-order valence-corrected chi connectivity index (χ3v) is 5.87. The van der Waals surface area contributed by atoms with Gasteiger partial charge in [0.25, 0.3) is 5.56 Å². The molecule has 5 N–H and O–H groups in total. The van der Waals surface area contributed by atoms with Crippen LogP contribution in [0.2, 0.25) is 5.15 Å². The van der Waals surface area contributed by atoms with Crippen LogP contribution in [-0.2, 0) is 24.3 Å². The predicted molar refractivity (Wildman–Crippen MR) is 145 cm³/mol. The lowest BCUT2D eigenvalue weighted by Gasteiger charge is -2.16. The van der Waals surface area contributed by atoms with Crippen LogP contribution in [0, 0.1) is 5.41 Å². The number of aromatic nitrogens is 3. The van der Waals surface area contributed by atoms with Crippen molar-refractivity contribution in [3.05, 3.63) is 111 Å². The van der Waals surface area contributed by atoms with E-state index in [0.717, 1.165) is 11.1 Å². The van der Waals surface area contributed by atoms with Crippen molar-refractivity contribution < 1.29 is 4.79 Å². The van der Waals surface area contributed by atoms with Crippen molar-refractivity contribution in [3.8, 4) is 11.3 Å². The Morgan fingerprint density at radius 1 is 1.00 bits per heavy atom. The number of anilines is 1. The number of carbonyl (C=O) groups excluding carboxylic acids is 1. The zero-order valence-electron chi connectivity index (χ0n) is 19.9. The average molecular weight is 516 g/mol. The summed E-state index contributed by atoms with van der Waals surface area (Å²) in [5.74, 6) is -0.434. The summed E-state index contributed by atoms with van der Waals surface area (Å²) in [5, 5.41) is 13.4. The van der Waals surface area contributed by atoms with Crippen molar-refractivity contribution in [1.29, 1.82) is 5.41 Å². The van der Waals surface area contributed by atoms with Crippen molar-refractivity contribution in [2.45, 2.75) is 19.5 Å². The van der Waals surface area contributed by atoms with E-state index < -0.39 is 5.56 Å². The number of amides is 1. The number of hydrogen-bond acceptors (Lipinski definition) is 6. The van der Waals surface area contributed by atoms with E-state index in [9.17, 15) is 9.59 Å². The first-order valence-corrected chi connectivity index (χ1v) is 12.0. The molecule has 0 aliphatic rings. The molecule has 1 amide bonds. The molecule has 0 aliphatic carbocycles. The van der Waals surface area contributed by atoms with Gasteiger partial charge in [-0.1, -0.05) is 78.3 Å². The van der Waals surface area contributed by atoms with Crippen LogP contribution in [0.1, 0.15) is 16.8 Å². The fourth-order valence-corrected chi connectivity index (χ4v) is 4.03. The van der Waals surface area contributed by atoms with Crippen molar-refractivity contribution in [2.75, 3.05) is 11.9 Å². The number of amidine groups is 1. The molecular formula is C27H26ClN7O2. The Kier molecular flexibility index (Phi) is 8.27. The minimum Gasteiger partial charge on any atom is -0.382 e. The molecule has 0 spiro atoms. The molecule has 0 fully saturated rings. The van der Waals surface area contributed by atoms with Crippen molar-refractivity contribution >= 4 is 29.2 Å². The molecule has 2 heterocycles. The number of nitrogens with zero attached hydrogens (tertiary/aromatic N) is 3. The monoisotopic (exact) mass is 515 g/mol. The highest BCUT2D eigenvalue weighted by Gasteiger charge is 2.19. The molecule has 0 radical (unpaired) electrons. The first kappa shape index (κ1) is 25.6. The Bertz CT molecular complexity index is 1440. The normalized spacial score (nSPS) is 10.6. The molecular weight excluding hydrogens is 490 g/mol. The first-order valence-electron chi connectivity index (χ1n) is 11.6. The predicted octanol–water partition coefficient (Wildman–Crippen LogP) is 3.21. The third kappa shape index (κ3) is 6.59. The van der Waals surface area contributed by atoms with Crippen LogP contribution in [0.25, 0.3) is 11.3 Å². The van der Waals surface area contributed by atoms with E-state index in [1.165, 1.54) is 10.8 Å². The van der Waals surface area contributed by atoms with Crippen LogP contribution in [-0.4, -0.2) is 32.8 Å². The number of hydrogen-bond donors (Lipinski definition) is 4. The van der Waals surface area contributed by atoms with Gasteiger partial charge in [-0.2, -0.15) is 0 Å². The molecule has 0 atom stereocenters. The smallest absolute Gasteiger partial charge is 0.294 e. The van der Waals surface area contributed by atoms with Gasteiger partial charge in [0.1, 0.15) is 18.1 Å². The lowest BCUT2D eigenvalue weighted by molar-refractivity contribution is -0.121. The van der Waals surface area contributed by atoms with Crippen LogP contribution in [0.15, 0.2) is 83.8 Å². The maximum Gasteiger partial charge on any atom is 0.294 e. The zero-order chi connectivity index (χ0) is 26.2. The van der Waals surface area contributed by atoms with Crippen molar-refractivity contribution in [3.63, 3.8) is 0 Å². The molecule has 0 saturated heterocycles. The number of halogens is 1. The van der Waals surface area contributed by atoms with Crippen LogP contribution in [0.4, 0.5) is 5.82 Å². The maximum atomic E-state index is 13.4. The van der Waals surface area contributed by atoms with E-state index in [-0.39, 0.29) is 35.8 Å². The molecule has 9 nitrogen and oxygen atoms in total. The molecule has 0 bridgehead atoms. The molecule has 10 heteroatoms. The summed E-state index contributed by atoms with van der Waals surface area (Å²) < 4.78 is 1.34. The SMILES string of the molecule is N=C(N)c1ccc(CNC(=O)Cn2c(-c3ccccc3)c(Cl)nc(NCCc3ccccc3)c2=O)cn1. The Morgan fingerprint density at radius 3 is 2.35 bits per heavy atom. The minimum absolute atomic E-state index is 0.0810. The van der Waals surface area contributed by atoms with Gasteiger partial charge in [0.15, 0.2) is 11.0 Å². The number of rotatable bonds is 10. The maximum absolute atomic E-state index is 13.4. The molecule has 188 valence electrons. The summed E-state index contributed by atoms with van der Waals surface area (Å²) in [5.41, 5.74) is 8.22. The van der Waals surface area contributed by atoms with Crippen molar-refractivity contribution in [2.24, 2.45) is 5.73 Å². The average Bonchev–Trinajstić information content (AvgIpc) is 2.91. The van der Waals surface area contributed by atoms with Crippen LogP contribution >= 0.6 is 11.6 Å². The van der Waals surface area contributed by atoms with Gasteiger partial charge in [0.2, 0.25) is 5.91 Å². The Labute approximate surface area is 218 Å². The van der Waals surface area contributed by atoms with E-state index >= 15 is 0 Å².